The number of rotatable bonds is 3. The Bertz CT molecular complexity index is 989. The fraction of sp³-hybridized carbons (Fsp3) is 0.542. The average molecular weight is 425 g/mol. The SMILES string of the molecule is CC(NC(=O)c1n[nH]c2c1CN(C(=O)OC(C)(C)C)CC2)c1ccc2c(c1)CCCC2. The highest BCUT2D eigenvalue weighted by molar-refractivity contribution is 5.94. The highest BCUT2D eigenvalue weighted by Gasteiger charge is 2.30. The Balaban J connectivity index is 1.46. The van der Waals surface area contributed by atoms with E-state index in [0.29, 0.717) is 25.2 Å². The van der Waals surface area contributed by atoms with Gasteiger partial charge in [0.1, 0.15) is 5.60 Å². The molecule has 2 heterocycles. The molecular weight excluding hydrogens is 392 g/mol. The van der Waals surface area contributed by atoms with Gasteiger partial charge in [-0.1, -0.05) is 18.2 Å². The summed E-state index contributed by atoms with van der Waals surface area (Å²) in [5.74, 6) is -0.228. The molecule has 7 nitrogen and oxygen atoms in total. The molecule has 1 atom stereocenters. The van der Waals surface area contributed by atoms with Gasteiger partial charge in [-0.2, -0.15) is 5.10 Å². The van der Waals surface area contributed by atoms with Gasteiger partial charge in [0, 0.05) is 24.2 Å². The summed E-state index contributed by atoms with van der Waals surface area (Å²) in [6.07, 6.45) is 4.98. The number of ether oxygens (including phenoxy) is 1. The lowest BCUT2D eigenvalue weighted by atomic mass is 9.89. The molecule has 4 rings (SSSR count). The summed E-state index contributed by atoms with van der Waals surface area (Å²) >= 11 is 0. The van der Waals surface area contributed by atoms with E-state index in [9.17, 15) is 9.59 Å². The molecule has 1 aromatic heterocycles. The molecule has 2 amide bonds. The fourth-order valence-electron chi connectivity index (χ4n) is 4.34. The van der Waals surface area contributed by atoms with Crippen molar-refractivity contribution >= 4 is 12.0 Å². The number of amides is 2. The van der Waals surface area contributed by atoms with E-state index in [0.717, 1.165) is 29.7 Å². The van der Waals surface area contributed by atoms with Crippen LogP contribution < -0.4 is 5.32 Å². The quantitative estimate of drug-likeness (QED) is 0.777. The molecule has 7 heteroatoms. The standard InChI is InChI=1S/C24H32N4O3/c1-15(17-10-9-16-7-5-6-8-18(16)13-17)25-22(29)21-19-14-28(12-11-20(19)26-27-21)23(30)31-24(2,3)4/h9-10,13,15H,5-8,11-12,14H2,1-4H3,(H,25,29)(H,26,27). The predicted octanol–water partition coefficient (Wildman–Crippen LogP) is 4.07. The molecule has 1 aliphatic heterocycles. The molecule has 31 heavy (non-hydrogen) atoms. The molecule has 2 N–H and O–H groups in total. The fourth-order valence-corrected chi connectivity index (χ4v) is 4.34. The molecule has 1 aromatic carbocycles. The highest BCUT2D eigenvalue weighted by atomic mass is 16.6. The predicted molar refractivity (Wildman–Crippen MR) is 118 cm³/mol. The van der Waals surface area contributed by atoms with Crippen molar-refractivity contribution in [3.63, 3.8) is 0 Å². The molecule has 0 bridgehead atoms. The third kappa shape index (κ3) is 4.75. The van der Waals surface area contributed by atoms with Gasteiger partial charge in [-0.05, 0) is 70.1 Å². The number of aryl methyl sites for hydroxylation is 2. The lowest BCUT2D eigenvalue weighted by Gasteiger charge is -2.30. The van der Waals surface area contributed by atoms with Gasteiger partial charge in [0.25, 0.3) is 5.91 Å². The van der Waals surface area contributed by atoms with Crippen LogP contribution in [-0.4, -0.2) is 39.2 Å². The van der Waals surface area contributed by atoms with Crippen molar-refractivity contribution in [3.05, 3.63) is 51.8 Å². The second-order valence-electron chi connectivity index (χ2n) is 9.61. The van der Waals surface area contributed by atoms with Crippen LogP contribution in [0.4, 0.5) is 4.79 Å². The van der Waals surface area contributed by atoms with E-state index >= 15 is 0 Å². The normalized spacial score (nSPS) is 16.8. The number of fused-ring (bicyclic) bond motifs is 2. The number of aromatic nitrogens is 2. The molecule has 1 aliphatic carbocycles. The molecule has 0 radical (unpaired) electrons. The number of benzene rings is 1. The Morgan fingerprint density at radius 2 is 1.90 bits per heavy atom. The third-order valence-corrected chi connectivity index (χ3v) is 6.02. The van der Waals surface area contributed by atoms with Crippen LogP contribution in [0.5, 0.6) is 0 Å². The van der Waals surface area contributed by atoms with Crippen LogP contribution >= 0.6 is 0 Å². The van der Waals surface area contributed by atoms with Crippen molar-refractivity contribution < 1.29 is 14.3 Å². The van der Waals surface area contributed by atoms with Crippen LogP contribution in [0.3, 0.4) is 0 Å². The Hall–Kier alpha value is -2.83. The number of aromatic amines is 1. The Labute approximate surface area is 183 Å². The Morgan fingerprint density at radius 1 is 1.16 bits per heavy atom. The van der Waals surface area contributed by atoms with Crippen LogP contribution in [0.25, 0.3) is 0 Å². The molecule has 2 aromatic rings. The van der Waals surface area contributed by atoms with Gasteiger partial charge in [0.2, 0.25) is 0 Å². The minimum atomic E-state index is -0.557. The number of nitrogens with one attached hydrogen (secondary N) is 2. The number of nitrogens with zero attached hydrogens (tertiary/aromatic N) is 2. The lowest BCUT2D eigenvalue weighted by Crippen LogP contribution is -2.40. The summed E-state index contributed by atoms with van der Waals surface area (Å²) in [7, 11) is 0. The first-order valence-electron chi connectivity index (χ1n) is 11.2. The number of carbonyl (C=O) groups is 2. The first-order valence-corrected chi connectivity index (χ1v) is 11.2. The van der Waals surface area contributed by atoms with E-state index < -0.39 is 5.60 Å². The van der Waals surface area contributed by atoms with E-state index in [1.165, 1.54) is 24.0 Å². The summed E-state index contributed by atoms with van der Waals surface area (Å²) < 4.78 is 5.49. The van der Waals surface area contributed by atoms with E-state index in [-0.39, 0.29) is 18.0 Å². The highest BCUT2D eigenvalue weighted by Crippen LogP contribution is 2.26. The van der Waals surface area contributed by atoms with E-state index in [1.807, 2.05) is 27.7 Å². The van der Waals surface area contributed by atoms with Gasteiger partial charge < -0.3 is 15.0 Å². The van der Waals surface area contributed by atoms with E-state index in [1.54, 1.807) is 4.90 Å². The number of H-pyrrole nitrogens is 1. The topological polar surface area (TPSA) is 87.3 Å². The van der Waals surface area contributed by atoms with Gasteiger partial charge in [-0.25, -0.2) is 4.79 Å². The zero-order chi connectivity index (χ0) is 22.2. The molecule has 0 spiro atoms. The molecule has 0 saturated carbocycles. The maximum absolute atomic E-state index is 13.0. The number of carbonyl (C=O) groups excluding carboxylic acids is 2. The minimum Gasteiger partial charge on any atom is -0.444 e. The zero-order valence-electron chi connectivity index (χ0n) is 18.9. The zero-order valence-corrected chi connectivity index (χ0v) is 18.9. The summed E-state index contributed by atoms with van der Waals surface area (Å²) in [4.78, 5) is 27.1. The molecule has 166 valence electrons. The monoisotopic (exact) mass is 424 g/mol. The summed E-state index contributed by atoms with van der Waals surface area (Å²) in [6, 6.07) is 6.41. The van der Waals surface area contributed by atoms with Crippen molar-refractivity contribution in [2.45, 2.75) is 78.0 Å². The summed E-state index contributed by atoms with van der Waals surface area (Å²) in [5.41, 5.74) is 5.41. The van der Waals surface area contributed by atoms with Crippen molar-refractivity contribution in [1.29, 1.82) is 0 Å². The second kappa shape index (κ2) is 8.36. The van der Waals surface area contributed by atoms with Crippen LogP contribution in [0.15, 0.2) is 18.2 Å². The molecule has 0 fully saturated rings. The third-order valence-electron chi connectivity index (χ3n) is 6.02. The van der Waals surface area contributed by atoms with Crippen LogP contribution in [0.2, 0.25) is 0 Å². The summed E-state index contributed by atoms with van der Waals surface area (Å²) in [5, 5.41) is 10.3. The van der Waals surface area contributed by atoms with Gasteiger partial charge in [0.05, 0.1) is 12.6 Å². The van der Waals surface area contributed by atoms with Crippen molar-refractivity contribution in [2.24, 2.45) is 0 Å². The first kappa shape index (κ1) is 21.4. The summed E-state index contributed by atoms with van der Waals surface area (Å²) in [6.45, 7) is 8.39. The van der Waals surface area contributed by atoms with Crippen LogP contribution in [0, 0.1) is 0 Å². The Kier molecular flexibility index (Phi) is 5.77. The van der Waals surface area contributed by atoms with Gasteiger partial charge in [-0.15, -0.1) is 0 Å². The smallest absolute Gasteiger partial charge is 0.410 e. The lowest BCUT2D eigenvalue weighted by molar-refractivity contribution is 0.0222. The van der Waals surface area contributed by atoms with Gasteiger partial charge >= 0.3 is 6.09 Å². The Morgan fingerprint density at radius 3 is 2.65 bits per heavy atom. The molecule has 0 saturated heterocycles. The first-order chi connectivity index (χ1) is 14.7. The molecule has 1 unspecified atom stereocenters. The number of hydrogen-bond donors (Lipinski definition) is 2. The maximum atomic E-state index is 13.0. The van der Waals surface area contributed by atoms with Crippen molar-refractivity contribution in [2.75, 3.05) is 6.54 Å². The van der Waals surface area contributed by atoms with Crippen LogP contribution in [-0.2, 0) is 30.5 Å². The maximum Gasteiger partial charge on any atom is 0.410 e. The van der Waals surface area contributed by atoms with Crippen molar-refractivity contribution in [3.8, 4) is 0 Å². The largest absolute Gasteiger partial charge is 0.444 e. The van der Waals surface area contributed by atoms with Gasteiger partial charge in [-0.3, -0.25) is 9.89 Å². The van der Waals surface area contributed by atoms with Crippen LogP contribution in [0.1, 0.15) is 85.0 Å². The average Bonchev–Trinajstić information content (AvgIpc) is 3.15. The van der Waals surface area contributed by atoms with E-state index in [4.69, 9.17) is 4.74 Å². The van der Waals surface area contributed by atoms with E-state index in [2.05, 4.69) is 33.7 Å². The minimum absolute atomic E-state index is 0.127. The molecule has 2 aliphatic rings. The van der Waals surface area contributed by atoms with Crippen molar-refractivity contribution in [1.82, 2.24) is 20.4 Å². The van der Waals surface area contributed by atoms with Gasteiger partial charge in [0.15, 0.2) is 5.69 Å². The molecular formula is C24H32N4O3. The second-order valence-corrected chi connectivity index (χ2v) is 9.61. The number of hydrogen-bond acceptors (Lipinski definition) is 4.